The Bertz CT molecular complexity index is 1010. The molecular weight excluding hydrogens is 360 g/mol. The van der Waals surface area contributed by atoms with Crippen molar-refractivity contribution < 1.29 is 14.5 Å². The van der Waals surface area contributed by atoms with Gasteiger partial charge in [-0.2, -0.15) is 5.26 Å². The Labute approximate surface area is 152 Å². The maximum absolute atomic E-state index is 13.1. The summed E-state index contributed by atoms with van der Waals surface area (Å²) in [5.41, 5.74) is 1.66. The van der Waals surface area contributed by atoms with Gasteiger partial charge >= 0.3 is 5.97 Å². The molecule has 0 saturated carbocycles. The molecule has 0 bridgehead atoms. The zero-order chi connectivity index (χ0) is 18.1. The first-order valence-corrected chi connectivity index (χ1v) is 8.87. The monoisotopic (exact) mass is 372 g/mol. The Morgan fingerprint density at radius 1 is 1.32 bits per heavy atom. The summed E-state index contributed by atoms with van der Waals surface area (Å²) >= 11 is 4.36. The smallest absolute Gasteiger partial charge is 0.323 e. The van der Waals surface area contributed by atoms with E-state index < -0.39 is 17.1 Å². The van der Waals surface area contributed by atoms with Crippen LogP contribution in [-0.4, -0.2) is 20.2 Å². The van der Waals surface area contributed by atoms with Gasteiger partial charge in [0.1, 0.15) is 6.54 Å². The number of hydrogen-bond acceptors (Lipinski definition) is 3. The zero-order valence-electron chi connectivity index (χ0n) is 13.2. The molecule has 25 heavy (non-hydrogen) atoms. The molecule has 1 unspecified atom stereocenters. The second-order valence-corrected chi connectivity index (χ2v) is 7.31. The molecule has 1 N–H and O–H groups in total. The molecular formula is C18H13ClN2O3S. The van der Waals surface area contributed by atoms with Crippen LogP contribution in [0.4, 0.5) is 0 Å². The number of nitrogens with zero attached hydrogens (tertiary/aromatic N) is 2. The first-order chi connectivity index (χ1) is 11.9. The predicted molar refractivity (Wildman–Crippen MR) is 95.2 cm³/mol. The molecule has 0 radical (unpaired) electrons. The molecule has 5 nitrogen and oxygen atoms in total. The topological polar surface area (TPSA) is 89.1 Å². The highest BCUT2D eigenvalue weighted by molar-refractivity contribution is 7.91. The molecule has 0 aliphatic carbocycles. The quantitative estimate of drug-likeness (QED) is 0.706. The molecule has 2 aromatic carbocycles. The van der Waals surface area contributed by atoms with Crippen LogP contribution in [0.25, 0.3) is 10.9 Å². The Morgan fingerprint density at radius 3 is 2.60 bits per heavy atom. The number of aromatic nitrogens is 1. The van der Waals surface area contributed by atoms with Crippen LogP contribution in [0.15, 0.2) is 52.3 Å². The number of carboxylic acid groups (broad SMARTS) is 1. The normalized spacial score (nSPS) is 12.1. The third-order valence-electron chi connectivity index (χ3n) is 3.90. The van der Waals surface area contributed by atoms with Gasteiger partial charge < -0.3 is 14.2 Å². The number of nitriles is 1. The molecule has 3 aromatic rings. The van der Waals surface area contributed by atoms with Crippen LogP contribution in [0.1, 0.15) is 11.3 Å². The van der Waals surface area contributed by atoms with Crippen molar-refractivity contribution in [2.24, 2.45) is 0 Å². The van der Waals surface area contributed by atoms with Gasteiger partial charge in [0.25, 0.3) is 0 Å². The summed E-state index contributed by atoms with van der Waals surface area (Å²) in [4.78, 5) is 12.3. The predicted octanol–water partition coefficient (Wildman–Crippen LogP) is 3.73. The SMILES string of the molecule is Cc1c([S+]([O-])c2ccc(Cl)cc2)c2cc(C#N)ccc2n1CC(=O)O. The molecule has 0 aliphatic heterocycles. The largest absolute Gasteiger partial charge is 0.606 e. The second kappa shape index (κ2) is 6.81. The molecule has 0 amide bonds. The number of rotatable bonds is 4. The van der Waals surface area contributed by atoms with E-state index in [4.69, 9.17) is 16.9 Å². The lowest BCUT2D eigenvalue weighted by Crippen LogP contribution is -2.11. The lowest BCUT2D eigenvalue weighted by atomic mass is 10.2. The molecule has 1 aromatic heterocycles. The Morgan fingerprint density at radius 2 is 2.00 bits per heavy atom. The maximum atomic E-state index is 13.1. The van der Waals surface area contributed by atoms with Crippen LogP contribution < -0.4 is 0 Å². The first-order valence-electron chi connectivity index (χ1n) is 7.34. The van der Waals surface area contributed by atoms with Gasteiger partial charge in [-0.25, -0.2) is 0 Å². The molecule has 1 atom stereocenters. The lowest BCUT2D eigenvalue weighted by Gasteiger charge is -2.11. The molecule has 7 heteroatoms. The molecule has 126 valence electrons. The molecule has 0 spiro atoms. The fraction of sp³-hybridized carbons (Fsp3) is 0.111. The maximum Gasteiger partial charge on any atom is 0.323 e. The van der Waals surface area contributed by atoms with E-state index >= 15 is 0 Å². The van der Waals surface area contributed by atoms with Gasteiger partial charge in [0.05, 0.1) is 28.2 Å². The standard InChI is InChI=1S/C18H13ClN2O3S/c1-11-18(25(24)14-5-3-13(19)4-6-14)15-8-12(9-20)2-7-16(15)21(11)10-17(22)23/h2-8H,10H2,1H3,(H,22,23). The van der Waals surface area contributed by atoms with E-state index in [2.05, 4.69) is 6.07 Å². The summed E-state index contributed by atoms with van der Waals surface area (Å²) in [5, 5.41) is 19.5. The van der Waals surface area contributed by atoms with Crippen molar-refractivity contribution in [1.29, 1.82) is 5.26 Å². The Kier molecular flexibility index (Phi) is 4.73. The minimum Gasteiger partial charge on any atom is -0.606 e. The third-order valence-corrected chi connectivity index (χ3v) is 5.74. The number of hydrogen-bond donors (Lipinski definition) is 1. The molecule has 0 fully saturated rings. The average molecular weight is 373 g/mol. The van der Waals surface area contributed by atoms with Crippen molar-refractivity contribution in [1.82, 2.24) is 4.57 Å². The number of aliphatic carboxylic acids is 1. The van der Waals surface area contributed by atoms with Crippen LogP contribution in [-0.2, 0) is 22.5 Å². The first kappa shape index (κ1) is 17.4. The minimum atomic E-state index is -1.53. The highest BCUT2D eigenvalue weighted by atomic mass is 35.5. The van der Waals surface area contributed by atoms with Gasteiger partial charge in [-0.3, -0.25) is 4.79 Å². The summed E-state index contributed by atoms with van der Waals surface area (Å²) < 4.78 is 14.7. The van der Waals surface area contributed by atoms with E-state index in [0.29, 0.717) is 37.0 Å². The van der Waals surface area contributed by atoms with Crippen LogP contribution in [0.2, 0.25) is 5.02 Å². The number of carboxylic acids is 1. The summed E-state index contributed by atoms with van der Waals surface area (Å²) in [5.74, 6) is -0.992. The summed E-state index contributed by atoms with van der Waals surface area (Å²) in [7, 11) is 0. The van der Waals surface area contributed by atoms with Crippen molar-refractivity contribution in [3.05, 3.63) is 58.7 Å². The van der Waals surface area contributed by atoms with Gasteiger partial charge in [0.2, 0.25) is 0 Å². The number of benzene rings is 2. The van der Waals surface area contributed by atoms with E-state index in [1.54, 1.807) is 54.0 Å². The molecule has 1 heterocycles. The zero-order valence-corrected chi connectivity index (χ0v) is 14.8. The average Bonchev–Trinajstić information content (AvgIpc) is 2.85. The summed E-state index contributed by atoms with van der Waals surface area (Å²) in [6.07, 6.45) is 0. The van der Waals surface area contributed by atoms with Gasteiger partial charge in [0, 0.05) is 16.2 Å². The van der Waals surface area contributed by atoms with Gasteiger partial charge in [0.15, 0.2) is 9.79 Å². The van der Waals surface area contributed by atoms with Crippen LogP contribution >= 0.6 is 11.6 Å². The summed E-state index contributed by atoms with van der Waals surface area (Å²) in [6, 6.07) is 13.7. The van der Waals surface area contributed by atoms with Crippen molar-refractivity contribution in [3.8, 4) is 6.07 Å². The Hall–Kier alpha value is -2.46. The Balaban J connectivity index is 2.25. The van der Waals surface area contributed by atoms with Crippen molar-refractivity contribution >= 4 is 39.6 Å². The van der Waals surface area contributed by atoms with Crippen molar-refractivity contribution in [2.45, 2.75) is 23.3 Å². The number of carbonyl (C=O) groups is 1. The lowest BCUT2D eigenvalue weighted by molar-refractivity contribution is -0.137. The fourth-order valence-electron chi connectivity index (χ4n) is 2.77. The van der Waals surface area contributed by atoms with Gasteiger partial charge in [-0.1, -0.05) is 11.6 Å². The van der Waals surface area contributed by atoms with E-state index in [9.17, 15) is 14.5 Å². The minimum absolute atomic E-state index is 0.244. The fourth-order valence-corrected chi connectivity index (χ4v) is 4.26. The number of halogens is 1. The highest BCUT2D eigenvalue weighted by Crippen LogP contribution is 2.34. The highest BCUT2D eigenvalue weighted by Gasteiger charge is 2.27. The van der Waals surface area contributed by atoms with Gasteiger partial charge in [-0.05, 0) is 49.4 Å². The van der Waals surface area contributed by atoms with E-state index in [1.165, 1.54) is 0 Å². The van der Waals surface area contributed by atoms with Crippen molar-refractivity contribution in [2.75, 3.05) is 0 Å². The van der Waals surface area contributed by atoms with Crippen molar-refractivity contribution in [3.63, 3.8) is 0 Å². The van der Waals surface area contributed by atoms with Gasteiger partial charge in [-0.15, -0.1) is 0 Å². The molecule has 3 rings (SSSR count). The molecule has 0 aliphatic rings. The van der Waals surface area contributed by atoms with Crippen LogP contribution in [0.3, 0.4) is 0 Å². The second-order valence-electron chi connectivity index (χ2n) is 5.46. The van der Waals surface area contributed by atoms with Crippen LogP contribution in [0, 0.1) is 18.3 Å². The summed E-state index contributed by atoms with van der Waals surface area (Å²) in [6.45, 7) is 1.49. The van der Waals surface area contributed by atoms with E-state index in [1.807, 2.05) is 0 Å². The molecule has 0 saturated heterocycles. The third kappa shape index (κ3) is 3.22. The van der Waals surface area contributed by atoms with Crippen LogP contribution in [0.5, 0.6) is 0 Å². The number of fused-ring (bicyclic) bond motifs is 1. The van der Waals surface area contributed by atoms with E-state index in [0.717, 1.165) is 0 Å². The van der Waals surface area contributed by atoms with E-state index in [-0.39, 0.29) is 6.54 Å².